The molecule has 0 aliphatic rings. The largest absolute Gasteiger partial charge is 0.0961 e. The molecule has 0 radical (unpaired) electrons. The van der Waals surface area contributed by atoms with Gasteiger partial charge in [-0.05, 0) is 18.2 Å². The molecule has 0 atom stereocenters. The molecule has 0 aromatic carbocycles. The minimum atomic E-state index is 0.0474. The molecule has 0 fully saturated rings. The Balaban J connectivity index is 4.23. The summed E-state index contributed by atoms with van der Waals surface area (Å²) in [5.41, 5.74) is 2.73. The lowest BCUT2D eigenvalue weighted by atomic mass is 10.4. The highest BCUT2D eigenvalue weighted by molar-refractivity contribution is 7.62. The first kappa shape index (κ1) is 11.9. The molecule has 0 nitrogen and oxygen atoms in total. The van der Waals surface area contributed by atoms with Gasteiger partial charge in [-0.15, -0.1) is 0 Å². The third-order valence-corrected chi connectivity index (χ3v) is 4.60. The SMILES string of the molecule is C=C(C)C=CP(C(C)C)C(C)C. The van der Waals surface area contributed by atoms with Crippen LogP contribution in [0.3, 0.4) is 0 Å². The Hall–Kier alpha value is -0.0900. The van der Waals surface area contributed by atoms with Crippen molar-refractivity contribution in [1.29, 1.82) is 0 Å². The van der Waals surface area contributed by atoms with Gasteiger partial charge in [0.1, 0.15) is 0 Å². The van der Waals surface area contributed by atoms with Crippen LogP contribution in [0.1, 0.15) is 34.6 Å². The molecule has 0 rings (SSSR count). The molecule has 0 amide bonds. The summed E-state index contributed by atoms with van der Waals surface area (Å²) in [5.74, 6) is 2.35. The lowest BCUT2D eigenvalue weighted by Crippen LogP contribution is -2.00. The topological polar surface area (TPSA) is 0 Å². The molecule has 0 bridgehead atoms. The Morgan fingerprint density at radius 1 is 1.17 bits per heavy atom. The van der Waals surface area contributed by atoms with E-state index in [1.54, 1.807) is 0 Å². The summed E-state index contributed by atoms with van der Waals surface area (Å²) >= 11 is 0. The lowest BCUT2D eigenvalue weighted by Gasteiger charge is -2.21. The van der Waals surface area contributed by atoms with Crippen molar-refractivity contribution in [3.63, 3.8) is 0 Å². The highest BCUT2D eigenvalue weighted by Gasteiger charge is 2.12. The zero-order chi connectivity index (χ0) is 9.72. The summed E-state index contributed by atoms with van der Waals surface area (Å²) in [6, 6.07) is 0. The number of hydrogen-bond acceptors (Lipinski definition) is 0. The second-order valence-corrected chi connectivity index (χ2v) is 7.05. The smallest absolute Gasteiger partial charge is 0.0229 e. The molecule has 0 saturated carbocycles. The van der Waals surface area contributed by atoms with Gasteiger partial charge in [-0.3, -0.25) is 0 Å². The van der Waals surface area contributed by atoms with E-state index in [0.29, 0.717) is 0 Å². The van der Waals surface area contributed by atoms with E-state index in [1.165, 1.54) is 0 Å². The molecule has 0 spiro atoms. The number of hydrogen-bond donors (Lipinski definition) is 0. The molecule has 0 aromatic heterocycles. The van der Waals surface area contributed by atoms with Gasteiger partial charge in [-0.25, -0.2) is 0 Å². The van der Waals surface area contributed by atoms with Crippen LogP contribution in [0.25, 0.3) is 0 Å². The molecule has 0 heterocycles. The maximum Gasteiger partial charge on any atom is -0.0229 e. The Bertz CT molecular complexity index is 158. The van der Waals surface area contributed by atoms with Gasteiger partial charge in [0.05, 0.1) is 0 Å². The Morgan fingerprint density at radius 3 is 1.83 bits per heavy atom. The van der Waals surface area contributed by atoms with E-state index in [2.05, 4.69) is 46.2 Å². The molecule has 0 N–H and O–H groups in total. The van der Waals surface area contributed by atoms with E-state index in [0.717, 1.165) is 16.9 Å². The monoisotopic (exact) mass is 184 g/mol. The molecule has 0 aliphatic heterocycles. The first-order valence-electron chi connectivity index (χ1n) is 4.56. The summed E-state index contributed by atoms with van der Waals surface area (Å²) in [4.78, 5) is 0. The standard InChI is InChI=1S/C11H21P/c1-9(2)7-8-12(10(3)4)11(5)6/h7-8,10-11H,1H2,2-6H3. The van der Waals surface area contributed by atoms with Crippen molar-refractivity contribution in [2.45, 2.75) is 45.9 Å². The van der Waals surface area contributed by atoms with Crippen LogP contribution >= 0.6 is 7.92 Å². The summed E-state index contributed by atoms with van der Waals surface area (Å²) < 4.78 is 0. The highest BCUT2D eigenvalue weighted by Crippen LogP contribution is 2.47. The fraction of sp³-hybridized carbons (Fsp3) is 0.636. The third kappa shape index (κ3) is 4.72. The second kappa shape index (κ2) is 5.54. The van der Waals surface area contributed by atoms with E-state index in [9.17, 15) is 0 Å². The van der Waals surface area contributed by atoms with Crippen molar-refractivity contribution in [3.05, 3.63) is 24.0 Å². The van der Waals surface area contributed by atoms with Crippen molar-refractivity contribution in [2.24, 2.45) is 0 Å². The van der Waals surface area contributed by atoms with E-state index < -0.39 is 0 Å². The summed E-state index contributed by atoms with van der Waals surface area (Å²) in [6.45, 7) is 15.1. The van der Waals surface area contributed by atoms with E-state index in [-0.39, 0.29) is 7.92 Å². The fourth-order valence-corrected chi connectivity index (χ4v) is 3.46. The predicted octanol–water partition coefficient (Wildman–Crippen LogP) is 4.37. The van der Waals surface area contributed by atoms with Gasteiger partial charge >= 0.3 is 0 Å². The molecule has 0 unspecified atom stereocenters. The van der Waals surface area contributed by atoms with E-state index in [1.807, 2.05) is 6.92 Å². The fourth-order valence-electron chi connectivity index (χ4n) is 1.15. The minimum Gasteiger partial charge on any atom is -0.0961 e. The first-order valence-corrected chi connectivity index (χ1v) is 6.11. The van der Waals surface area contributed by atoms with Crippen molar-refractivity contribution >= 4 is 7.92 Å². The Labute approximate surface area is 78.5 Å². The lowest BCUT2D eigenvalue weighted by molar-refractivity contribution is 1.02. The number of allylic oxidation sites excluding steroid dienone is 2. The van der Waals surface area contributed by atoms with Crippen LogP contribution in [0.4, 0.5) is 0 Å². The minimum absolute atomic E-state index is 0.0474. The van der Waals surface area contributed by atoms with Crippen molar-refractivity contribution < 1.29 is 0 Å². The zero-order valence-electron chi connectivity index (χ0n) is 8.96. The van der Waals surface area contributed by atoms with E-state index in [4.69, 9.17) is 0 Å². The van der Waals surface area contributed by atoms with Crippen LogP contribution in [0.2, 0.25) is 0 Å². The van der Waals surface area contributed by atoms with Crippen LogP contribution in [-0.4, -0.2) is 11.3 Å². The molecule has 0 aliphatic carbocycles. The predicted molar refractivity (Wildman–Crippen MR) is 61.1 cm³/mol. The Kier molecular flexibility index (Phi) is 5.50. The zero-order valence-corrected chi connectivity index (χ0v) is 9.86. The molecule has 0 aromatic rings. The molecule has 12 heavy (non-hydrogen) atoms. The summed E-state index contributed by atoms with van der Waals surface area (Å²) in [6.07, 6.45) is 2.16. The van der Waals surface area contributed by atoms with Crippen LogP contribution < -0.4 is 0 Å². The summed E-state index contributed by atoms with van der Waals surface area (Å²) in [5, 5.41) is 0. The molecular weight excluding hydrogens is 163 g/mol. The van der Waals surface area contributed by atoms with Crippen LogP contribution in [-0.2, 0) is 0 Å². The average Bonchev–Trinajstić information content (AvgIpc) is 1.84. The maximum absolute atomic E-state index is 3.87. The first-order chi connectivity index (χ1) is 5.45. The van der Waals surface area contributed by atoms with Crippen LogP contribution in [0.15, 0.2) is 24.0 Å². The van der Waals surface area contributed by atoms with Crippen molar-refractivity contribution in [1.82, 2.24) is 0 Å². The molecular formula is C11H21P. The van der Waals surface area contributed by atoms with Gasteiger partial charge in [-0.2, -0.15) is 0 Å². The second-order valence-electron chi connectivity index (χ2n) is 3.80. The van der Waals surface area contributed by atoms with Crippen molar-refractivity contribution in [3.8, 4) is 0 Å². The van der Waals surface area contributed by atoms with Crippen LogP contribution in [0, 0.1) is 0 Å². The number of rotatable bonds is 4. The van der Waals surface area contributed by atoms with Gasteiger partial charge in [-0.1, -0.05) is 59.7 Å². The van der Waals surface area contributed by atoms with Gasteiger partial charge in [0.2, 0.25) is 0 Å². The van der Waals surface area contributed by atoms with Gasteiger partial charge in [0.15, 0.2) is 0 Å². The van der Waals surface area contributed by atoms with Gasteiger partial charge in [0, 0.05) is 0 Å². The van der Waals surface area contributed by atoms with Gasteiger partial charge < -0.3 is 0 Å². The maximum atomic E-state index is 3.87. The molecule has 1 heteroatoms. The highest BCUT2D eigenvalue weighted by atomic mass is 31.1. The summed E-state index contributed by atoms with van der Waals surface area (Å²) in [7, 11) is 0.0474. The molecule has 70 valence electrons. The molecule has 0 saturated heterocycles. The van der Waals surface area contributed by atoms with Crippen molar-refractivity contribution in [2.75, 3.05) is 0 Å². The average molecular weight is 184 g/mol. The van der Waals surface area contributed by atoms with Crippen LogP contribution in [0.5, 0.6) is 0 Å². The third-order valence-electron chi connectivity index (χ3n) is 1.72. The Morgan fingerprint density at radius 2 is 1.58 bits per heavy atom. The van der Waals surface area contributed by atoms with E-state index >= 15 is 0 Å². The normalized spacial score (nSPS) is 12.3. The quantitative estimate of drug-likeness (QED) is 0.449. The van der Waals surface area contributed by atoms with Gasteiger partial charge in [0.25, 0.3) is 0 Å².